The summed E-state index contributed by atoms with van der Waals surface area (Å²) in [7, 11) is 4.01. The fourth-order valence-corrected chi connectivity index (χ4v) is 5.68. The summed E-state index contributed by atoms with van der Waals surface area (Å²) in [6.07, 6.45) is 5.65. The Hall–Kier alpha value is -0.910. The number of halogens is 1. The van der Waals surface area contributed by atoms with Crippen LogP contribution in [0.25, 0.3) is 0 Å². The summed E-state index contributed by atoms with van der Waals surface area (Å²) in [5.41, 5.74) is 3.98. The van der Waals surface area contributed by atoms with E-state index in [2.05, 4.69) is 65.7 Å². The molecule has 0 bridgehead atoms. The smallest absolute Gasteiger partial charge is 0.0545 e. The summed E-state index contributed by atoms with van der Waals surface area (Å²) >= 11 is 8.11. The van der Waals surface area contributed by atoms with Gasteiger partial charge in [-0.05, 0) is 118 Å². The Bertz CT molecular complexity index is 774. The van der Waals surface area contributed by atoms with E-state index in [1.54, 1.807) is 18.4 Å². The third kappa shape index (κ3) is 7.87. The number of aryl methyl sites for hydroxylation is 1. The van der Waals surface area contributed by atoms with Crippen molar-refractivity contribution in [2.45, 2.75) is 58.1 Å². The molecule has 31 heavy (non-hydrogen) atoms. The second-order valence-electron chi connectivity index (χ2n) is 9.40. The molecule has 172 valence electrons. The van der Waals surface area contributed by atoms with E-state index in [1.165, 1.54) is 62.0 Å². The number of nitrogens with zero attached hydrogens (tertiary/aromatic N) is 2. The Labute approximate surface area is 198 Å². The number of thiophene rings is 1. The molecule has 0 N–H and O–H groups in total. The number of piperidine rings is 1. The average Bonchev–Trinajstić information content (AvgIpc) is 3.44. The van der Waals surface area contributed by atoms with Crippen molar-refractivity contribution in [3.63, 3.8) is 0 Å². The molecule has 2 fully saturated rings. The Morgan fingerprint density at radius 1 is 1.16 bits per heavy atom. The molecule has 1 aromatic carbocycles. The monoisotopic (exact) mass is 462 g/mol. The molecule has 4 rings (SSSR count). The van der Waals surface area contributed by atoms with Gasteiger partial charge in [0, 0.05) is 25.2 Å². The normalized spacial score (nSPS) is 21.6. The molecular formula is C26H39ClN2OS. The lowest BCUT2D eigenvalue weighted by atomic mass is 9.92. The third-order valence-electron chi connectivity index (χ3n) is 6.80. The van der Waals surface area contributed by atoms with Crippen LogP contribution in [0.1, 0.15) is 55.2 Å². The van der Waals surface area contributed by atoms with E-state index in [1.807, 2.05) is 0 Å². The van der Waals surface area contributed by atoms with Crippen molar-refractivity contribution < 1.29 is 4.74 Å². The van der Waals surface area contributed by atoms with Gasteiger partial charge in [-0.2, -0.15) is 11.3 Å². The molecular weight excluding hydrogens is 424 g/mol. The number of hydrogen-bond acceptors (Lipinski definition) is 4. The lowest BCUT2D eigenvalue weighted by Gasteiger charge is -2.30. The van der Waals surface area contributed by atoms with Gasteiger partial charge in [-0.25, -0.2) is 0 Å². The van der Waals surface area contributed by atoms with Crippen LogP contribution in [-0.4, -0.2) is 56.2 Å². The minimum absolute atomic E-state index is 0.443. The zero-order valence-electron chi connectivity index (χ0n) is 19.6. The first-order chi connectivity index (χ1) is 14.9. The van der Waals surface area contributed by atoms with Crippen molar-refractivity contribution in [2.75, 3.05) is 40.3 Å². The second kappa shape index (κ2) is 12.4. The summed E-state index contributed by atoms with van der Waals surface area (Å²) in [5, 5.41) is 5.36. The third-order valence-corrected chi connectivity index (χ3v) is 7.85. The van der Waals surface area contributed by atoms with Gasteiger partial charge in [0.15, 0.2) is 0 Å². The van der Waals surface area contributed by atoms with Gasteiger partial charge in [-0.1, -0.05) is 23.7 Å². The van der Waals surface area contributed by atoms with E-state index in [-0.39, 0.29) is 0 Å². The molecule has 0 amide bonds. The number of rotatable bonds is 6. The molecule has 0 saturated carbocycles. The van der Waals surface area contributed by atoms with Gasteiger partial charge in [0.05, 0.1) is 6.10 Å². The fourth-order valence-electron chi connectivity index (χ4n) is 4.64. The number of methoxy groups -OCH3 is 1. The van der Waals surface area contributed by atoms with E-state index in [0.717, 1.165) is 24.0 Å². The molecule has 1 aromatic heterocycles. The van der Waals surface area contributed by atoms with Crippen molar-refractivity contribution in [2.24, 2.45) is 5.92 Å². The van der Waals surface area contributed by atoms with Crippen LogP contribution >= 0.6 is 22.9 Å². The molecule has 0 radical (unpaired) electrons. The topological polar surface area (TPSA) is 15.7 Å². The van der Waals surface area contributed by atoms with E-state index < -0.39 is 0 Å². The molecule has 5 heteroatoms. The first-order valence-electron chi connectivity index (χ1n) is 11.7. The quantitative estimate of drug-likeness (QED) is 0.490. The van der Waals surface area contributed by atoms with Crippen LogP contribution in [0.3, 0.4) is 0 Å². The van der Waals surface area contributed by atoms with Crippen molar-refractivity contribution in [1.29, 1.82) is 0 Å². The average molecular weight is 463 g/mol. The Balaban J connectivity index is 0.000000196. The fraction of sp³-hybridized carbons (Fsp3) is 0.615. The van der Waals surface area contributed by atoms with E-state index >= 15 is 0 Å². The van der Waals surface area contributed by atoms with Crippen molar-refractivity contribution in [1.82, 2.24) is 9.80 Å². The largest absolute Gasteiger partial charge is 0.382 e. The molecule has 0 aliphatic carbocycles. The van der Waals surface area contributed by atoms with Gasteiger partial charge in [-0.3, -0.25) is 4.90 Å². The molecule has 2 aliphatic heterocycles. The highest BCUT2D eigenvalue weighted by atomic mass is 35.5. The van der Waals surface area contributed by atoms with Crippen molar-refractivity contribution in [3.05, 3.63) is 56.7 Å². The van der Waals surface area contributed by atoms with Crippen LogP contribution < -0.4 is 0 Å². The van der Waals surface area contributed by atoms with Crippen LogP contribution in [0.5, 0.6) is 0 Å². The minimum Gasteiger partial charge on any atom is -0.382 e. The molecule has 2 atom stereocenters. The predicted octanol–water partition coefficient (Wildman–Crippen LogP) is 6.45. The molecule has 2 aromatic rings. The van der Waals surface area contributed by atoms with Gasteiger partial charge in [0.25, 0.3) is 0 Å². The number of likely N-dealkylation sites (tertiary alicyclic amines) is 2. The van der Waals surface area contributed by atoms with Crippen LogP contribution in [0, 0.1) is 12.8 Å². The highest BCUT2D eigenvalue weighted by Crippen LogP contribution is 2.30. The summed E-state index contributed by atoms with van der Waals surface area (Å²) in [4.78, 5) is 4.92. The first kappa shape index (κ1) is 24.7. The van der Waals surface area contributed by atoms with Gasteiger partial charge in [0.1, 0.15) is 0 Å². The van der Waals surface area contributed by atoms with Crippen LogP contribution in [0.4, 0.5) is 0 Å². The lowest BCUT2D eigenvalue weighted by molar-refractivity contribution is 0.0803. The molecule has 3 heterocycles. The predicted molar refractivity (Wildman–Crippen MR) is 134 cm³/mol. The second-order valence-corrected chi connectivity index (χ2v) is 10.6. The number of hydrogen-bond donors (Lipinski definition) is 0. The zero-order chi connectivity index (χ0) is 22.2. The SMILES string of the molecule is COC(C)CC1CCN(C)CC1.Cc1ccc(CN2CC[C@@H](c3ccsc3)C2)c(Cl)c1. The van der Waals surface area contributed by atoms with Crippen LogP contribution in [0.2, 0.25) is 5.02 Å². The standard InChI is InChI=1S/C16H18ClNS.C10H21NO/c1-12-2-3-14(16(17)8-12)10-18-6-4-13(9-18)15-5-7-19-11-15;1-9(12-3)8-10-4-6-11(2)7-5-10/h2-3,5,7-8,11,13H,4,6,9-10H2,1H3;9-10H,4-8H2,1-3H3/t13-;/m1./s1. The molecule has 0 spiro atoms. The maximum absolute atomic E-state index is 6.32. The Morgan fingerprint density at radius 2 is 1.94 bits per heavy atom. The minimum atomic E-state index is 0.443. The molecule has 1 unspecified atom stereocenters. The number of benzene rings is 1. The number of ether oxygens (including phenoxy) is 1. The zero-order valence-corrected chi connectivity index (χ0v) is 21.2. The van der Waals surface area contributed by atoms with Crippen molar-refractivity contribution >= 4 is 22.9 Å². The highest BCUT2D eigenvalue weighted by Gasteiger charge is 2.24. The lowest BCUT2D eigenvalue weighted by Crippen LogP contribution is -2.31. The highest BCUT2D eigenvalue weighted by molar-refractivity contribution is 7.08. The van der Waals surface area contributed by atoms with E-state index in [0.29, 0.717) is 12.0 Å². The molecule has 2 saturated heterocycles. The maximum atomic E-state index is 6.32. The molecule has 2 aliphatic rings. The van der Waals surface area contributed by atoms with Gasteiger partial charge in [-0.15, -0.1) is 0 Å². The van der Waals surface area contributed by atoms with Crippen molar-refractivity contribution in [3.8, 4) is 0 Å². The summed E-state index contributed by atoms with van der Waals surface area (Å²) in [6.45, 7) is 10.1. The first-order valence-corrected chi connectivity index (χ1v) is 13.0. The Kier molecular flexibility index (Phi) is 9.86. The summed E-state index contributed by atoms with van der Waals surface area (Å²) in [5.74, 6) is 1.60. The Morgan fingerprint density at radius 3 is 2.58 bits per heavy atom. The summed E-state index contributed by atoms with van der Waals surface area (Å²) < 4.78 is 5.27. The summed E-state index contributed by atoms with van der Waals surface area (Å²) in [6, 6.07) is 8.63. The van der Waals surface area contributed by atoms with Crippen LogP contribution in [-0.2, 0) is 11.3 Å². The van der Waals surface area contributed by atoms with E-state index in [9.17, 15) is 0 Å². The van der Waals surface area contributed by atoms with Crippen LogP contribution in [0.15, 0.2) is 35.0 Å². The van der Waals surface area contributed by atoms with Gasteiger partial charge < -0.3 is 9.64 Å². The van der Waals surface area contributed by atoms with Gasteiger partial charge in [0.2, 0.25) is 0 Å². The maximum Gasteiger partial charge on any atom is 0.0545 e. The van der Waals surface area contributed by atoms with E-state index in [4.69, 9.17) is 16.3 Å². The van der Waals surface area contributed by atoms with Gasteiger partial charge >= 0.3 is 0 Å². The molecule has 3 nitrogen and oxygen atoms in total.